The summed E-state index contributed by atoms with van der Waals surface area (Å²) in [7, 11) is 3.70. The van der Waals surface area contributed by atoms with Crippen molar-refractivity contribution in [2.45, 2.75) is 43.1 Å². The van der Waals surface area contributed by atoms with E-state index in [-0.39, 0.29) is 5.41 Å². The molecule has 0 aromatic heterocycles. The van der Waals surface area contributed by atoms with Gasteiger partial charge >= 0.3 is 0 Å². The minimum absolute atomic E-state index is 0.295. The number of para-hydroxylation sites is 1. The van der Waals surface area contributed by atoms with Gasteiger partial charge in [0.1, 0.15) is 0 Å². The quantitative estimate of drug-likeness (QED) is 0.774. The molecule has 8 atom stereocenters. The fraction of sp³-hybridized carbons (Fsp3) is 0.667. The van der Waals surface area contributed by atoms with Gasteiger partial charge in [0.25, 0.3) is 0 Å². The summed E-state index contributed by atoms with van der Waals surface area (Å²) in [5.74, 6) is 1.33. The van der Waals surface area contributed by atoms with Gasteiger partial charge in [-0.3, -0.25) is 9.69 Å². The summed E-state index contributed by atoms with van der Waals surface area (Å²) in [6, 6.07) is 9.20. The van der Waals surface area contributed by atoms with Gasteiger partial charge in [0.2, 0.25) is 5.91 Å². The SMILES string of the molecule is CO[C@]1(C)OC[C@H]2C3C[C@@]4(C(=O)N(C)c5ccccc54)[C@@H]4C[C@@H]2C1CN34. The highest BCUT2D eigenvalue weighted by atomic mass is 16.7. The summed E-state index contributed by atoms with van der Waals surface area (Å²) in [6.45, 7) is 3.83. The van der Waals surface area contributed by atoms with Gasteiger partial charge in [-0.2, -0.15) is 0 Å². The lowest BCUT2D eigenvalue weighted by Gasteiger charge is -2.61. The molecule has 6 aliphatic rings. The standard InChI is InChI=1S/C21H26N2O3/c1-20(25-3)15-10-23-17-9-21(18(23)8-12(15)13(17)11-26-20)14-6-4-5-7-16(14)22(2)19(21)24/h4-7,12-13,15,17-18H,8-11H2,1-3H3/t12-,13+,15?,17?,18-,20+,21-/m0/s1. The molecule has 5 nitrogen and oxygen atoms in total. The van der Waals surface area contributed by atoms with Crippen molar-refractivity contribution in [3.8, 4) is 0 Å². The Labute approximate surface area is 154 Å². The Balaban J connectivity index is 1.48. The molecule has 0 radical (unpaired) electrons. The van der Waals surface area contributed by atoms with Crippen LogP contribution in [0.15, 0.2) is 24.3 Å². The van der Waals surface area contributed by atoms with E-state index in [0.29, 0.717) is 35.7 Å². The molecule has 1 aromatic rings. The summed E-state index contributed by atoms with van der Waals surface area (Å²) in [5, 5.41) is 0. The van der Waals surface area contributed by atoms with Crippen LogP contribution in [0.3, 0.4) is 0 Å². The molecule has 0 saturated carbocycles. The average molecular weight is 354 g/mol. The molecule has 6 bridgehead atoms. The van der Waals surface area contributed by atoms with E-state index in [4.69, 9.17) is 9.47 Å². The number of fused-ring (bicyclic) bond motifs is 2. The molecule has 5 fully saturated rings. The summed E-state index contributed by atoms with van der Waals surface area (Å²) >= 11 is 0. The first-order chi connectivity index (χ1) is 12.5. The summed E-state index contributed by atoms with van der Waals surface area (Å²) in [6.07, 6.45) is 2.03. The highest BCUT2D eigenvalue weighted by Gasteiger charge is 2.71. The van der Waals surface area contributed by atoms with Crippen LogP contribution in [0.1, 0.15) is 25.3 Å². The predicted molar refractivity (Wildman–Crippen MR) is 96.9 cm³/mol. The van der Waals surface area contributed by atoms with Gasteiger partial charge in [-0.05, 0) is 37.3 Å². The Hall–Kier alpha value is -1.43. The minimum Gasteiger partial charge on any atom is -0.353 e. The van der Waals surface area contributed by atoms with E-state index in [9.17, 15) is 4.79 Å². The van der Waals surface area contributed by atoms with Crippen molar-refractivity contribution in [2.24, 2.45) is 17.8 Å². The van der Waals surface area contributed by atoms with E-state index < -0.39 is 5.79 Å². The van der Waals surface area contributed by atoms with Crippen molar-refractivity contribution in [1.29, 1.82) is 0 Å². The van der Waals surface area contributed by atoms with Crippen molar-refractivity contribution in [1.82, 2.24) is 4.90 Å². The zero-order valence-electron chi connectivity index (χ0n) is 15.6. The van der Waals surface area contributed by atoms with E-state index in [1.54, 1.807) is 7.11 Å². The number of hydrogen-bond acceptors (Lipinski definition) is 4. The number of benzene rings is 1. The van der Waals surface area contributed by atoms with Crippen molar-refractivity contribution < 1.29 is 14.3 Å². The number of piperidine rings is 3. The maximum absolute atomic E-state index is 13.5. The molecule has 1 aromatic carbocycles. The molecule has 0 aliphatic carbocycles. The second kappa shape index (κ2) is 4.70. The molecular formula is C21H26N2O3. The van der Waals surface area contributed by atoms with Gasteiger partial charge in [-0.15, -0.1) is 0 Å². The number of amides is 1. The number of anilines is 1. The first-order valence-electron chi connectivity index (χ1n) is 9.84. The lowest BCUT2D eigenvalue weighted by Crippen LogP contribution is -2.69. The largest absolute Gasteiger partial charge is 0.353 e. The van der Waals surface area contributed by atoms with Crippen LogP contribution in [-0.4, -0.2) is 56.0 Å². The number of carbonyl (C=O) groups is 1. The third kappa shape index (κ3) is 1.50. The highest BCUT2D eigenvalue weighted by molar-refractivity contribution is 6.08. The molecule has 138 valence electrons. The van der Waals surface area contributed by atoms with Crippen LogP contribution in [-0.2, 0) is 19.7 Å². The van der Waals surface area contributed by atoms with Crippen molar-refractivity contribution in [3.63, 3.8) is 0 Å². The molecule has 6 heterocycles. The Morgan fingerprint density at radius 1 is 1.27 bits per heavy atom. The Morgan fingerprint density at radius 2 is 2.08 bits per heavy atom. The molecule has 3 unspecified atom stereocenters. The lowest BCUT2D eigenvalue weighted by atomic mass is 9.63. The Bertz CT molecular complexity index is 812. The van der Waals surface area contributed by atoms with E-state index in [0.717, 1.165) is 31.7 Å². The van der Waals surface area contributed by atoms with E-state index in [1.807, 2.05) is 18.0 Å². The molecule has 5 saturated heterocycles. The van der Waals surface area contributed by atoms with Gasteiger partial charge in [0.15, 0.2) is 5.79 Å². The topological polar surface area (TPSA) is 42.0 Å². The average Bonchev–Trinajstić information content (AvgIpc) is 3.05. The molecule has 5 heteroatoms. The fourth-order valence-corrected chi connectivity index (χ4v) is 7.19. The maximum atomic E-state index is 13.5. The van der Waals surface area contributed by atoms with Gasteiger partial charge in [0.05, 0.1) is 12.0 Å². The predicted octanol–water partition coefficient (Wildman–Crippen LogP) is 2.00. The fourth-order valence-electron chi connectivity index (χ4n) is 7.19. The molecule has 6 aliphatic heterocycles. The van der Waals surface area contributed by atoms with Gasteiger partial charge in [0, 0.05) is 50.3 Å². The van der Waals surface area contributed by atoms with E-state index in [1.165, 1.54) is 5.56 Å². The molecule has 1 amide bonds. The molecule has 0 N–H and O–H groups in total. The van der Waals surface area contributed by atoms with Crippen LogP contribution in [0, 0.1) is 17.8 Å². The second-order valence-electron chi connectivity index (χ2n) is 9.04. The van der Waals surface area contributed by atoms with Gasteiger partial charge in [-0.25, -0.2) is 0 Å². The first-order valence-corrected chi connectivity index (χ1v) is 9.84. The smallest absolute Gasteiger partial charge is 0.239 e. The Morgan fingerprint density at radius 3 is 2.88 bits per heavy atom. The van der Waals surface area contributed by atoms with Crippen molar-refractivity contribution in [3.05, 3.63) is 29.8 Å². The number of hydrogen-bond donors (Lipinski definition) is 0. The third-order valence-electron chi connectivity index (χ3n) is 8.46. The normalized spacial score (nSPS) is 50.6. The van der Waals surface area contributed by atoms with Gasteiger partial charge < -0.3 is 14.4 Å². The van der Waals surface area contributed by atoms with E-state index >= 15 is 0 Å². The van der Waals surface area contributed by atoms with Crippen LogP contribution in [0.25, 0.3) is 0 Å². The molecule has 26 heavy (non-hydrogen) atoms. The van der Waals surface area contributed by atoms with Gasteiger partial charge in [-0.1, -0.05) is 18.2 Å². The zero-order valence-corrected chi connectivity index (χ0v) is 15.6. The monoisotopic (exact) mass is 354 g/mol. The van der Waals surface area contributed by atoms with Crippen molar-refractivity contribution >= 4 is 11.6 Å². The molecule has 1 spiro atoms. The summed E-state index contributed by atoms with van der Waals surface area (Å²) in [4.78, 5) is 18.1. The first kappa shape index (κ1) is 15.6. The van der Waals surface area contributed by atoms with Crippen LogP contribution >= 0.6 is 0 Å². The molecule has 7 rings (SSSR count). The highest BCUT2D eigenvalue weighted by Crippen LogP contribution is 2.64. The third-order valence-corrected chi connectivity index (χ3v) is 8.46. The summed E-state index contributed by atoms with van der Waals surface area (Å²) < 4.78 is 12.0. The Kier molecular flexibility index (Phi) is 2.82. The van der Waals surface area contributed by atoms with Crippen LogP contribution in [0.2, 0.25) is 0 Å². The zero-order chi connectivity index (χ0) is 17.8. The molecular weight excluding hydrogens is 328 g/mol. The maximum Gasteiger partial charge on any atom is 0.239 e. The van der Waals surface area contributed by atoms with Crippen LogP contribution in [0.5, 0.6) is 0 Å². The number of ether oxygens (including phenoxy) is 2. The number of nitrogens with zero attached hydrogens (tertiary/aromatic N) is 2. The number of rotatable bonds is 1. The number of methoxy groups -OCH3 is 1. The van der Waals surface area contributed by atoms with E-state index in [2.05, 4.69) is 30.0 Å². The lowest BCUT2D eigenvalue weighted by molar-refractivity contribution is -0.321. The van der Waals surface area contributed by atoms with Crippen LogP contribution in [0.4, 0.5) is 5.69 Å². The minimum atomic E-state index is -0.485. The van der Waals surface area contributed by atoms with Crippen LogP contribution < -0.4 is 4.90 Å². The van der Waals surface area contributed by atoms with Crippen molar-refractivity contribution in [2.75, 3.05) is 32.2 Å². The number of likely N-dealkylation sites (N-methyl/N-ethyl adjacent to an activating group) is 1. The number of carbonyl (C=O) groups excluding carboxylic acids is 1. The second-order valence-corrected chi connectivity index (χ2v) is 9.04. The summed E-state index contributed by atoms with van der Waals surface area (Å²) in [5.41, 5.74) is 1.99.